The first-order valence-electron chi connectivity index (χ1n) is 3.99. The smallest absolute Gasteiger partial charge is 0.0469 e. The summed E-state index contributed by atoms with van der Waals surface area (Å²) in [5, 5.41) is 3.41. The van der Waals surface area contributed by atoms with Gasteiger partial charge >= 0.3 is 0 Å². The normalized spacial score (nSPS) is 39.9. The van der Waals surface area contributed by atoms with Gasteiger partial charge in [0.1, 0.15) is 0 Å². The van der Waals surface area contributed by atoms with Gasteiger partial charge in [-0.3, -0.25) is 0 Å². The summed E-state index contributed by atoms with van der Waals surface area (Å²) in [5.41, 5.74) is 0.615. The van der Waals surface area contributed by atoms with Crippen LogP contribution >= 0.6 is 0 Å². The van der Waals surface area contributed by atoms with Crippen molar-refractivity contribution >= 4 is 0 Å². The number of hydrogen-bond donors (Lipinski definition) is 1. The summed E-state index contributed by atoms with van der Waals surface area (Å²) in [7, 11) is 4.31. The number of rotatable bonds is 1. The van der Waals surface area contributed by atoms with Gasteiger partial charge < -0.3 is 10.2 Å². The van der Waals surface area contributed by atoms with Crippen LogP contribution in [0, 0.1) is 11.5 Å². The zero-order valence-corrected chi connectivity index (χ0v) is 6.78. The largest absolute Gasteiger partial charge is 0.316 e. The third-order valence-electron chi connectivity index (χ3n) is 2.78. The molecule has 1 aliphatic carbocycles. The highest BCUT2D eigenvalue weighted by Crippen LogP contribution is 2.59. The van der Waals surface area contributed by atoms with Crippen molar-refractivity contribution in [3.8, 4) is 0 Å². The van der Waals surface area contributed by atoms with Crippen LogP contribution in [-0.4, -0.2) is 32.1 Å². The number of hydrogen-bond acceptors (Lipinski definition) is 2. The van der Waals surface area contributed by atoms with Gasteiger partial charge in [0.2, 0.25) is 0 Å². The van der Waals surface area contributed by atoms with Gasteiger partial charge in [-0.05, 0) is 33.5 Å². The molecule has 1 saturated carbocycles. The average molecular weight is 139 g/mol. The Morgan fingerprint density at radius 3 is 2.70 bits per heavy atom. The summed E-state index contributed by atoms with van der Waals surface area (Å²) in [5.74, 6) is 0. The van der Waals surface area contributed by atoms with Gasteiger partial charge in [-0.25, -0.2) is 0 Å². The Balaban J connectivity index is 1.97. The zero-order valence-electron chi connectivity index (χ0n) is 6.78. The minimum absolute atomic E-state index is 0.615. The Morgan fingerprint density at radius 2 is 2.30 bits per heavy atom. The van der Waals surface area contributed by atoms with E-state index in [1.165, 1.54) is 25.9 Å². The molecule has 0 aromatic heterocycles. The SMILES string of the molecule is CN(C)[C]1CC12CCNC2. The van der Waals surface area contributed by atoms with Gasteiger partial charge in [0.15, 0.2) is 0 Å². The highest BCUT2D eigenvalue weighted by atomic mass is 15.2. The lowest BCUT2D eigenvalue weighted by Crippen LogP contribution is -2.17. The molecule has 1 spiro atoms. The highest BCUT2D eigenvalue weighted by Gasteiger charge is 2.57. The van der Waals surface area contributed by atoms with E-state index in [4.69, 9.17) is 0 Å². The quantitative estimate of drug-likeness (QED) is 0.568. The number of nitrogens with one attached hydrogen (secondary N) is 1. The second-order valence-electron chi connectivity index (χ2n) is 3.73. The number of nitrogens with zero attached hydrogens (tertiary/aromatic N) is 1. The molecule has 1 atom stereocenters. The molecular weight excluding hydrogens is 124 g/mol. The molecule has 2 fully saturated rings. The fourth-order valence-electron chi connectivity index (χ4n) is 2.05. The lowest BCUT2D eigenvalue weighted by molar-refractivity contribution is 0.418. The minimum atomic E-state index is 0.615. The van der Waals surface area contributed by atoms with Crippen molar-refractivity contribution in [2.45, 2.75) is 12.8 Å². The maximum absolute atomic E-state index is 3.41. The maximum atomic E-state index is 3.41. The van der Waals surface area contributed by atoms with E-state index in [2.05, 4.69) is 24.3 Å². The summed E-state index contributed by atoms with van der Waals surface area (Å²) < 4.78 is 0. The fraction of sp³-hybridized carbons (Fsp3) is 0.875. The van der Waals surface area contributed by atoms with Crippen LogP contribution < -0.4 is 5.32 Å². The predicted molar refractivity (Wildman–Crippen MR) is 41.5 cm³/mol. The van der Waals surface area contributed by atoms with Crippen molar-refractivity contribution in [2.24, 2.45) is 5.41 Å². The van der Waals surface area contributed by atoms with E-state index in [0.29, 0.717) is 5.41 Å². The minimum Gasteiger partial charge on any atom is -0.316 e. The van der Waals surface area contributed by atoms with Crippen molar-refractivity contribution in [3.63, 3.8) is 0 Å². The molecule has 0 aromatic rings. The molecule has 1 radical (unpaired) electrons. The van der Waals surface area contributed by atoms with E-state index < -0.39 is 0 Å². The molecule has 1 heterocycles. The van der Waals surface area contributed by atoms with E-state index in [9.17, 15) is 0 Å². The van der Waals surface area contributed by atoms with Crippen LogP contribution in [0.25, 0.3) is 0 Å². The Morgan fingerprint density at radius 1 is 1.50 bits per heavy atom. The van der Waals surface area contributed by atoms with Crippen LogP contribution in [-0.2, 0) is 0 Å². The Bertz CT molecular complexity index is 136. The molecule has 2 heteroatoms. The predicted octanol–water partition coefficient (Wildman–Crippen LogP) is 0.463. The molecule has 1 saturated heterocycles. The zero-order chi connectivity index (χ0) is 7.19. The summed E-state index contributed by atoms with van der Waals surface area (Å²) in [6, 6.07) is 1.65. The van der Waals surface area contributed by atoms with E-state index in [1.54, 1.807) is 6.04 Å². The van der Waals surface area contributed by atoms with Gasteiger partial charge in [0.25, 0.3) is 0 Å². The van der Waals surface area contributed by atoms with Crippen molar-refractivity contribution in [1.29, 1.82) is 0 Å². The standard InChI is InChI=1S/C8H15N2/c1-10(2)7-5-8(7)3-4-9-6-8/h9H,3-6H2,1-2H3. The molecule has 0 aromatic carbocycles. The molecule has 2 aliphatic rings. The van der Waals surface area contributed by atoms with Crippen LogP contribution in [0.2, 0.25) is 0 Å². The molecule has 0 bridgehead atoms. The summed E-state index contributed by atoms with van der Waals surface area (Å²) in [6.07, 6.45) is 2.70. The van der Waals surface area contributed by atoms with E-state index in [1.807, 2.05) is 0 Å². The lowest BCUT2D eigenvalue weighted by atomic mass is 10.1. The summed E-state index contributed by atoms with van der Waals surface area (Å²) in [4.78, 5) is 2.28. The van der Waals surface area contributed by atoms with Crippen LogP contribution in [0.5, 0.6) is 0 Å². The first-order chi connectivity index (χ1) is 4.75. The van der Waals surface area contributed by atoms with Crippen LogP contribution in [0.3, 0.4) is 0 Å². The topological polar surface area (TPSA) is 15.3 Å². The van der Waals surface area contributed by atoms with Crippen LogP contribution in [0.4, 0.5) is 0 Å². The lowest BCUT2D eigenvalue weighted by Gasteiger charge is -2.12. The first kappa shape index (κ1) is 6.62. The monoisotopic (exact) mass is 139 g/mol. The molecule has 2 rings (SSSR count). The molecular formula is C8H15N2. The van der Waals surface area contributed by atoms with E-state index >= 15 is 0 Å². The van der Waals surface area contributed by atoms with Crippen molar-refractivity contribution in [2.75, 3.05) is 27.2 Å². The van der Waals surface area contributed by atoms with Crippen molar-refractivity contribution in [1.82, 2.24) is 10.2 Å². The molecule has 1 N–H and O–H groups in total. The Kier molecular flexibility index (Phi) is 1.29. The average Bonchev–Trinajstić information content (AvgIpc) is 2.32. The summed E-state index contributed by atoms with van der Waals surface area (Å²) >= 11 is 0. The molecule has 57 valence electrons. The summed E-state index contributed by atoms with van der Waals surface area (Å²) in [6.45, 7) is 2.44. The van der Waals surface area contributed by atoms with Gasteiger partial charge in [-0.15, -0.1) is 0 Å². The first-order valence-corrected chi connectivity index (χ1v) is 3.99. The third kappa shape index (κ3) is 0.789. The van der Waals surface area contributed by atoms with Crippen LogP contribution in [0.1, 0.15) is 12.8 Å². The van der Waals surface area contributed by atoms with Gasteiger partial charge in [-0.1, -0.05) is 0 Å². The molecule has 10 heavy (non-hydrogen) atoms. The van der Waals surface area contributed by atoms with Gasteiger partial charge in [0, 0.05) is 18.0 Å². The van der Waals surface area contributed by atoms with Crippen molar-refractivity contribution < 1.29 is 0 Å². The van der Waals surface area contributed by atoms with E-state index in [0.717, 1.165) is 0 Å². The third-order valence-corrected chi connectivity index (χ3v) is 2.78. The Labute approximate surface area is 62.6 Å². The van der Waals surface area contributed by atoms with Gasteiger partial charge in [0.05, 0.1) is 0 Å². The molecule has 0 amide bonds. The van der Waals surface area contributed by atoms with E-state index in [-0.39, 0.29) is 0 Å². The second kappa shape index (κ2) is 1.95. The van der Waals surface area contributed by atoms with Crippen LogP contribution in [0.15, 0.2) is 0 Å². The fourth-order valence-corrected chi connectivity index (χ4v) is 2.05. The maximum Gasteiger partial charge on any atom is 0.0469 e. The highest BCUT2D eigenvalue weighted by molar-refractivity contribution is 5.25. The second-order valence-corrected chi connectivity index (χ2v) is 3.73. The molecule has 1 aliphatic heterocycles. The molecule has 1 unspecified atom stereocenters. The Hall–Kier alpha value is -0.0800. The molecule has 2 nitrogen and oxygen atoms in total. The van der Waals surface area contributed by atoms with Crippen molar-refractivity contribution in [3.05, 3.63) is 6.04 Å². The van der Waals surface area contributed by atoms with Gasteiger partial charge in [-0.2, -0.15) is 0 Å².